The van der Waals surface area contributed by atoms with E-state index in [0.717, 1.165) is 4.90 Å². The van der Waals surface area contributed by atoms with Crippen LogP contribution in [0.5, 0.6) is 0 Å². The standard InChI is InChI=1S/C18H18BF2N6O2/c1-23-19-26-14-4-2-3-12-13(5-6-24-16(12)14)17(29)25-9-15(28)27-10-18(20,21)7-11(27)8-22/h2-6,11,23,26H,7,9-10H2,1H3,(H,25,29). The number of hydrogen-bond donors (Lipinski definition) is 3. The van der Waals surface area contributed by atoms with Gasteiger partial charge >= 0.3 is 7.55 Å². The minimum absolute atomic E-state index is 0.291. The van der Waals surface area contributed by atoms with E-state index in [9.17, 15) is 18.4 Å². The maximum absolute atomic E-state index is 13.5. The average molecular weight is 399 g/mol. The highest BCUT2D eigenvalue weighted by Gasteiger charge is 2.47. The zero-order valence-corrected chi connectivity index (χ0v) is 15.6. The number of fused-ring (bicyclic) bond motifs is 1. The fraction of sp³-hybridized carbons (Fsp3) is 0.333. The first kappa shape index (κ1) is 20.5. The summed E-state index contributed by atoms with van der Waals surface area (Å²) in [5.74, 6) is -4.37. The van der Waals surface area contributed by atoms with Crippen LogP contribution < -0.4 is 15.8 Å². The molecule has 2 amide bonds. The quantitative estimate of drug-likeness (QED) is 0.623. The minimum atomic E-state index is -3.10. The van der Waals surface area contributed by atoms with E-state index in [2.05, 4.69) is 20.8 Å². The van der Waals surface area contributed by atoms with Crippen LogP contribution in [-0.4, -0.2) is 61.3 Å². The molecule has 149 valence electrons. The Morgan fingerprint density at radius 2 is 2.21 bits per heavy atom. The molecule has 1 aliphatic rings. The molecule has 11 heteroatoms. The molecule has 1 aromatic heterocycles. The van der Waals surface area contributed by atoms with Gasteiger partial charge in [0, 0.05) is 23.7 Å². The number of pyridine rings is 1. The number of carbonyl (C=O) groups excluding carboxylic acids is 2. The molecule has 0 spiro atoms. The predicted molar refractivity (Wildman–Crippen MR) is 103 cm³/mol. The van der Waals surface area contributed by atoms with Crippen LogP contribution >= 0.6 is 0 Å². The molecule has 2 heterocycles. The van der Waals surface area contributed by atoms with Crippen LogP contribution in [0.4, 0.5) is 14.5 Å². The number of anilines is 1. The number of rotatable bonds is 6. The Kier molecular flexibility index (Phi) is 5.93. The van der Waals surface area contributed by atoms with Crippen LogP contribution in [0.2, 0.25) is 0 Å². The first-order valence-corrected chi connectivity index (χ1v) is 8.84. The molecule has 2 aromatic rings. The Morgan fingerprint density at radius 1 is 1.41 bits per heavy atom. The van der Waals surface area contributed by atoms with Crippen molar-refractivity contribution in [3.8, 4) is 6.07 Å². The van der Waals surface area contributed by atoms with Gasteiger partial charge in [-0.2, -0.15) is 5.26 Å². The zero-order chi connectivity index (χ0) is 21.0. The number of benzene rings is 1. The summed E-state index contributed by atoms with van der Waals surface area (Å²) >= 11 is 0. The molecule has 1 radical (unpaired) electrons. The van der Waals surface area contributed by atoms with Gasteiger partial charge in [-0.1, -0.05) is 12.1 Å². The third-order valence-corrected chi connectivity index (χ3v) is 4.53. The molecule has 1 aromatic carbocycles. The predicted octanol–water partition coefficient (Wildman–Crippen LogP) is 0.890. The molecule has 3 rings (SSSR count). The van der Waals surface area contributed by atoms with Gasteiger partial charge in [-0.3, -0.25) is 14.6 Å². The van der Waals surface area contributed by atoms with Gasteiger partial charge in [0.1, 0.15) is 6.04 Å². The summed E-state index contributed by atoms with van der Waals surface area (Å²) in [5, 5.41) is 17.9. The van der Waals surface area contributed by atoms with Crippen molar-refractivity contribution in [3.63, 3.8) is 0 Å². The first-order chi connectivity index (χ1) is 13.9. The molecule has 8 nitrogen and oxygen atoms in total. The van der Waals surface area contributed by atoms with Crippen molar-refractivity contribution in [1.29, 1.82) is 5.26 Å². The van der Waals surface area contributed by atoms with E-state index in [-0.39, 0.29) is 0 Å². The van der Waals surface area contributed by atoms with Gasteiger partial charge in [-0.25, -0.2) is 8.78 Å². The highest BCUT2D eigenvalue weighted by Crippen LogP contribution is 2.31. The van der Waals surface area contributed by atoms with Crippen LogP contribution in [0, 0.1) is 11.3 Å². The third kappa shape index (κ3) is 4.43. The molecule has 0 bridgehead atoms. The lowest BCUT2D eigenvalue weighted by molar-refractivity contribution is -0.131. The van der Waals surface area contributed by atoms with Crippen LogP contribution in [-0.2, 0) is 4.79 Å². The number of para-hydroxylation sites is 1. The molecule has 0 aliphatic carbocycles. The van der Waals surface area contributed by atoms with Crippen molar-refractivity contribution in [2.45, 2.75) is 18.4 Å². The van der Waals surface area contributed by atoms with E-state index in [1.165, 1.54) is 12.3 Å². The summed E-state index contributed by atoms with van der Waals surface area (Å²) in [6.45, 7) is -1.31. The summed E-state index contributed by atoms with van der Waals surface area (Å²) in [7, 11) is 3.34. The molecule has 1 aliphatic heterocycles. The number of nitrogens with one attached hydrogen (secondary N) is 3. The fourth-order valence-electron chi connectivity index (χ4n) is 3.19. The van der Waals surface area contributed by atoms with Gasteiger partial charge < -0.3 is 20.7 Å². The van der Waals surface area contributed by atoms with E-state index >= 15 is 0 Å². The van der Waals surface area contributed by atoms with Crippen LogP contribution in [0.3, 0.4) is 0 Å². The topological polar surface area (TPSA) is 110 Å². The number of alkyl halides is 2. The van der Waals surface area contributed by atoms with Crippen LogP contribution in [0.15, 0.2) is 30.5 Å². The summed E-state index contributed by atoms with van der Waals surface area (Å²) < 4.78 is 27.0. The SMILES string of the molecule is CN[B]Nc1cccc2c(C(=O)NCC(=O)N3CC(F)(F)CC3C#N)ccnc12. The van der Waals surface area contributed by atoms with Crippen molar-refractivity contribution < 1.29 is 18.4 Å². The third-order valence-electron chi connectivity index (χ3n) is 4.53. The zero-order valence-electron chi connectivity index (χ0n) is 15.6. The Balaban J connectivity index is 1.74. The molecule has 1 atom stereocenters. The Labute approximate surface area is 166 Å². The summed E-state index contributed by atoms with van der Waals surface area (Å²) in [6, 6.07) is 7.28. The lowest BCUT2D eigenvalue weighted by Crippen LogP contribution is -2.43. The molecular weight excluding hydrogens is 381 g/mol. The van der Waals surface area contributed by atoms with Gasteiger partial charge in [0.15, 0.2) is 0 Å². The maximum Gasteiger partial charge on any atom is 0.346 e. The van der Waals surface area contributed by atoms with E-state index in [0.29, 0.717) is 22.2 Å². The smallest absolute Gasteiger partial charge is 0.346 e. The van der Waals surface area contributed by atoms with Gasteiger partial charge in [0.2, 0.25) is 5.91 Å². The number of likely N-dealkylation sites (tertiary alicyclic amines) is 1. The highest BCUT2D eigenvalue weighted by atomic mass is 19.3. The van der Waals surface area contributed by atoms with Gasteiger partial charge in [-0.15, -0.1) is 0 Å². The van der Waals surface area contributed by atoms with Gasteiger partial charge in [0.25, 0.3) is 11.8 Å². The lowest BCUT2D eigenvalue weighted by atomic mass is 10.1. The molecule has 29 heavy (non-hydrogen) atoms. The van der Waals surface area contributed by atoms with E-state index in [1.54, 1.807) is 38.9 Å². The summed E-state index contributed by atoms with van der Waals surface area (Å²) in [5.41, 5.74) is 1.53. The molecule has 1 saturated heterocycles. The Bertz CT molecular complexity index is 980. The van der Waals surface area contributed by atoms with Crippen molar-refractivity contribution in [2.75, 3.05) is 25.4 Å². The Morgan fingerprint density at radius 3 is 2.93 bits per heavy atom. The molecule has 3 N–H and O–H groups in total. The number of aromatic nitrogens is 1. The van der Waals surface area contributed by atoms with Crippen molar-refractivity contribution >= 4 is 36.0 Å². The van der Waals surface area contributed by atoms with Crippen molar-refractivity contribution in [3.05, 3.63) is 36.0 Å². The number of halogens is 2. The second-order valence-electron chi connectivity index (χ2n) is 6.55. The minimum Gasteiger partial charge on any atom is -0.416 e. The molecular formula is C18H18BF2N6O2. The summed E-state index contributed by atoms with van der Waals surface area (Å²) in [6.07, 6.45) is 0.772. The number of carbonyl (C=O) groups is 2. The number of amides is 2. The highest BCUT2D eigenvalue weighted by molar-refractivity contribution is 6.38. The molecule has 1 unspecified atom stereocenters. The van der Waals surface area contributed by atoms with Gasteiger partial charge in [0.05, 0.1) is 30.2 Å². The van der Waals surface area contributed by atoms with Gasteiger partial charge in [-0.05, 0) is 19.2 Å². The largest absolute Gasteiger partial charge is 0.416 e. The van der Waals surface area contributed by atoms with Crippen LogP contribution in [0.1, 0.15) is 16.8 Å². The molecule has 1 fully saturated rings. The fourth-order valence-corrected chi connectivity index (χ4v) is 3.19. The maximum atomic E-state index is 13.5. The van der Waals surface area contributed by atoms with Crippen molar-refractivity contribution in [1.82, 2.24) is 20.4 Å². The number of nitrogens with zero attached hydrogens (tertiary/aromatic N) is 3. The van der Waals surface area contributed by atoms with Crippen LogP contribution in [0.25, 0.3) is 10.9 Å². The normalized spacial score (nSPS) is 17.6. The number of nitriles is 1. The second-order valence-corrected chi connectivity index (χ2v) is 6.55. The number of hydrogen-bond acceptors (Lipinski definition) is 6. The summed E-state index contributed by atoms with van der Waals surface area (Å²) in [4.78, 5) is 30.0. The monoisotopic (exact) mass is 399 g/mol. The van der Waals surface area contributed by atoms with Crippen molar-refractivity contribution in [2.24, 2.45) is 0 Å². The van der Waals surface area contributed by atoms with E-state index < -0.39 is 43.3 Å². The molecule has 0 saturated carbocycles. The Hall–Kier alpha value is -3.26. The van der Waals surface area contributed by atoms with E-state index in [4.69, 9.17) is 5.26 Å². The van der Waals surface area contributed by atoms with E-state index in [1.807, 2.05) is 0 Å². The first-order valence-electron chi connectivity index (χ1n) is 8.84. The average Bonchev–Trinajstić information content (AvgIpc) is 3.04. The second kappa shape index (κ2) is 8.40. The lowest BCUT2D eigenvalue weighted by Gasteiger charge is -2.19.